The number of carbonyl (C=O) groups excluding carboxylic acids is 2. The molecular formula is C29H39ClN6O3S. The highest BCUT2D eigenvalue weighted by Crippen LogP contribution is 2.30. The van der Waals surface area contributed by atoms with Crippen LogP contribution in [-0.4, -0.2) is 96.3 Å². The lowest BCUT2D eigenvalue weighted by Gasteiger charge is -2.42. The molecule has 3 fully saturated rings. The van der Waals surface area contributed by atoms with Gasteiger partial charge in [0.05, 0.1) is 18.6 Å². The van der Waals surface area contributed by atoms with E-state index in [0.29, 0.717) is 48.9 Å². The summed E-state index contributed by atoms with van der Waals surface area (Å²) in [5, 5.41) is 0.857. The van der Waals surface area contributed by atoms with Gasteiger partial charge in [0, 0.05) is 63.8 Å². The highest BCUT2D eigenvalue weighted by Gasteiger charge is 2.33. The van der Waals surface area contributed by atoms with Crippen molar-refractivity contribution in [2.24, 2.45) is 5.92 Å². The first-order valence-electron chi connectivity index (χ1n) is 14.3. The number of halogens is 1. The van der Waals surface area contributed by atoms with Crippen molar-refractivity contribution >= 4 is 46.7 Å². The second-order valence-corrected chi connectivity index (χ2v) is 12.2. The van der Waals surface area contributed by atoms with Crippen molar-refractivity contribution in [3.05, 3.63) is 35.5 Å². The van der Waals surface area contributed by atoms with Crippen molar-refractivity contribution in [3.8, 4) is 5.75 Å². The molecule has 0 bridgehead atoms. The van der Waals surface area contributed by atoms with Gasteiger partial charge < -0.3 is 24.3 Å². The third-order valence-corrected chi connectivity index (χ3v) is 9.26. The summed E-state index contributed by atoms with van der Waals surface area (Å²) in [4.78, 5) is 43.6. The molecule has 3 aliphatic rings. The lowest BCUT2D eigenvalue weighted by Crippen LogP contribution is -2.55. The van der Waals surface area contributed by atoms with Crippen LogP contribution in [0.5, 0.6) is 5.75 Å². The van der Waals surface area contributed by atoms with Crippen LogP contribution in [0.3, 0.4) is 0 Å². The molecule has 0 N–H and O–H groups in total. The number of anilines is 2. The Kier molecular flexibility index (Phi) is 9.57. The van der Waals surface area contributed by atoms with Crippen LogP contribution in [0.2, 0.25) is 5.15 Å². The number of piperazine rings is 2. The first kappa shape index (κ1) is 28.8. The van der Waals surface area contributed by atoms with Crippen LogP contribution >= 0.6 is 23.4 Å². The predicted molar refractivity (Wildman–Crippen MR) is 160 cm³/mol. The summed E-state index contributed by atoms with van der Waals surface area (Å²) in [7, 11) is 1.68. The van der Waals surface area contributed by atoms with E-state index in [1.807, 2.05) is 23.1 Å². The summed E-state index contributed by atoms with van der Waals surface area (Å²) in [6.07, 6.45) is 5.60. The minimum atomic E-state index is 0.0678. The maximum absolute atomic E-state index is 13.1. The molecule has 1 atom stereocenters. The standard InChI is InChI=1S/C29H39ClN6O3S/c1-21-19-35(16-17-36(21)28(38)22-8-4-3-5-9-22)26-18-25(30)31-29(32-26)40-20-27(37)34-14-12-33(13-15-34)23-10-6-7-11-24(23)39-2/h6-7,10-11,18,21-22H,3-5,8-9,12-17,19-20H2,1-2H3. The second kappa shape index (κ2) is 13.3. The van der Waals surface area contributed by atoms with E-state index in [2.05, 4.69) is 32.7 Å². The number of hydrogen-bond acceptors (Lipinski definition) is 8. The number of methoxy groups -OCH3 is 1. The van der Waals surface area contributed by atoms with Crippen LogP contribution in [0.15, 0.2) is 35.5 Å². The molecule has 3 heterocycles. The van der Waals surface area contributed by atoms with Crippen LogP contribution < -0.4 is 14.5 Å². The second-order valence-electron chi connectivity index (χ2n) is 10.8. The molecule has 1 saturated carbocycles. The SMILES string of the molecule is COc1ccccc1N1CCN(C(=O)CSc2nc(Cl)cc(N3CCN(C(=O)C4CCCCC4)C(C)C3)n2)CC1. The van der Waals surface area contributed by atoms with Gasteiger partial charge in [0.25, 0.3) is 0 Å². The molecule has 1 unspecified atom stereocenters. The van der Waals surface area contributed by atoms with Crippen molar-refractivity contribution in [3.63, 3.8) is 0 Å². The Morgan fingerprint density at radius 3 is 2.45 bits per heavy atom. The Morgan fingerprint density at radius 1 is 1.00 bits per heavy atom. The maximum atomic E-state index is 13.1. The molecule has 2 amide bonds. The van der Waals surface area contributed by atoms with Gasteiger partial charge in [0.1, 0.15) is 16.7 Å². The number of nitrogens with zero attached hydrogens (tertiary/aromatic N) is 6. The molecule has 40 heavy (non-hydrogen) atoms. The Bertz CT molecular complexity index is 1190. The topological polar surface area (TPSA) is 82.1 Å². The number of para-hydroxylation sites is 2. The number of aromatic nitrogens is 2. The molecule has 216 valence electrons. The van der Waals surface area contributed by atoms with Crippen molar-refractivity contribution in [1.82, 2.24) is 19.8 Å². The summed E-state index contributed by atoms with van der Waals surface area (Å²) in [6, 6.07) is 9.85. The van der Waals surface area contributed by atoms with E-state index >= 15 is 0 Å². The molecule has 2 saturated heterocycles. The number of rotatable bonds is 7. The molecule has 5 rings (SSSR count). The predicted octanol–water partition coefficient (Wildman–Crippen LogP) is 4.20. The largest absolute Gasteiger partial charge is 0.495 e. The first-order valence-corrected chi connectivity index (χ1v) is 15.7. The number of ether oxygens (including phenoxy) is 1. The summed E-state index contributed by atoms with van der Waals surface area (Å²) in [6.45, 7) is 7.00. The van der Waals surface area contributed by atoms with Gasteiger partial charge in [-0.3, -0.25) is 9.59 Å². The van der Waals surface area contributed by atoms with E-state index < -0.39 is 0 Å². The quantitative estimate of drug-likeness (QED) is 0.271. The molecule has 1 aromatic heterocycles. The first-order chi connectivity index (χ1) is 19.4. The molecule has 0 radical (unpaired) electrons. The zero-order valence-corrected chi connectivity index (χ0v) is 25.0. The molecule has 11 heteroatoms. The molecular weight excluding hydrogens is 548 g/mol. The number of hydrogen-bond donors (Lipinski definition) is 0. The van der Waals surface area contributed by atoms with E-state index in [4.69, 9.17) is 21.3 Å². The molecule has 2 aliphatic heterocycles. The summed E-state index contributed by atoms with van der Waals surface area (Å²) < 4.78 is 5.50. The summed E-state index contributed by atoms with van der Waals surface area (Å²) >= 11 is 7.70. The van der Waals surface area contributed by atoms with E-state index in [1.165, 1.54) is 18.2 Å². The zero-order chi connectivity index (χ0) is 28.1. The fourth-order valence-electron chi connectivity index (χ4n) is 5.99. The smallest absolute Gasteiger partial charge is 0.233 e. The van der Waals surface area contributed by atoms with Crippen molar-refractivity contribution in [1.29, 1.82) is 0 Å². The Hall–Kier alpha value is -2.72. The summed E-state index contributed by atoms with van der Waals surface area (Å²) in [5.74, 6) is 2.41. The number of amides is 2. The third kappa shape index (κ3) is 6.77. The average Bonchev–Trinajstić information content (AvgIpc) is 2.99. The minimum absolute atomic E-state index is 0.0678. The lowest BCUT2D eigenvalue weighted by atomic mass is 9.88. The fourth-order valence-corrected chi connectivity index (χ4v) is 6.98. The fraction of sp³-hybridized carbons (Fsp3) is 0.586. The number of carbonyl (C=O) groups is 2. The molecule has 2 aromatic rings. The zero-order valence-electron chi connectivity index (χ0n) is 23.4. The Balaban J connectivity index is 1.13. The van der Waals surface area contributed by atoms with Crippen LogP contribution in [-0.2, 0) is 9.59 Å². The van der Waals surface area contributed by atoms with E-state index in [0.717, 1.165) is 56.0 Å². The molecule has 1 aromatic carbocycles. The summed E-state index contributed by atoms with van der Waals surface area (Å²) in [5.41, 5.74) is 1.06. The normalized spacial score (nSPS) is 20.5. The van der Waals surface area contributed by atoms with Crippen LogP contribution in [0.4, 0.5) is 11.5 Å². The van der Waals surface area contributed by atoms with Crippen molar-refractivity contribution < 1.29 is 14.3 Å². The lowest BCUT2D eigenvalue weighted by molar-refractivity contribution is -0.139. The van der Waals surface area contributed by atoms with E-state index in [1.54, 1.807) is 13.2 Å². The monoisotopic (exact) mass is 586 g/mol. The van der Waals surface area contributed by atoms with E-state index in [-0.39, 0.29) is 23.6 Å². The molecule has 9 nitrogen and oxygen atoms in total. The van der Waals surface area contributed by atoms with Crippen LogP contribution in [0, 0.1) is 5.92 Å². The number of thioether (sulfide) groups is 1. The van der Waals surface area contributed by atoms with Gasteiger partial charge in [0.15, 0.2) is 5.16 Å². The van der Waals surface area contributed by atoms with Gasteiger partial charge >= 0.3 is 0 Å². The van der Waals surface area contributed by atoms with Crippen LogP contribution in [0.25, 0.3) is 0 Å². The average molecular weight is 587 g/mol. The molecule has 0 spiro atoms. The molecule has 1 aliphatic carbocycles. The van der Waals surface area contributed by atoms with Gasteiger partial charge in [0.2, 0.25) is 11.8 Å². The van der Waals surface area contributed by atoms with Gasteiger partial charge in [-0.25, -0.2) is 9.97 Å². The van der Waals surface area contributed by atoms with Gasteiger partial charge in [-0.15, -0.1) is 0 Å². The maximum Gasteiger partial charge on any atom is 0.233 e. The minimum Gasteiger partial charge on any atom is -0.495 e. The van der Waals surface area contributed by atoms with E-state index in [9.17, 15) is 9.59 Å². The number of benzene rings is 1. The highest BCUT2D eigenvalue weighted by molar-refractivity contribution is 7.99. The third-order valence-electron chi connectivity index (χ3n) is 8.23. The Labute approximate surface area is 246 Å². The van der Waals surface area contributed by atoms with Gasteiger partial charge in [-0.1, -0.05) is 54.8 Å². The van der Waals surface area contributed by atoms with Crippen molar-refractivity contribution in [2.45, 2.75) is 50.2 Å². The van der Waals surface area contributed by atoms with Crippen molar-refractivity contribution in [2.75, 3.05) is 68.5 Å². The van der Waals surface area contributed by atoms with Gasteiger partial charge in [-0.2, -0.15) is 0 Å². The Morgan fingerprint density at radius 2 is 1.73 bits per heavy atom. The highest BCUT2D eigenvalue weighted by atomic mass is 35.5. The van der Waals surface area contributed by atoms with Gasteiger partial charge in [-0.05, 0) is 31.9 Å². The van der Waals surface area contributed by atoms with Crippen LogP contribution in [0.1, 0.15) is 39.0 Å².